The number of halogens is 1. The van der Waals surface area contributed by atoms with Gasteiger partial charge in [-0.1, -0.05) is 45.9 Å². The number of aryl methyl sites for hydroxylation is 1. The molecular weight excluding hydrogens is 526 g/mol. The normalized spacial score (nSPS) is 15.9. The maximum absolute atomic E-state index is 12.9. The fourth-order valence-electron chi connectivity index (χ4n) is 4.25. The number of nitrogens with zero attached hydrogens (tertiary/aromatic N) is 5. The molecule has 1 aliphatic heterocycles. The SMILES string of the molecule is Cc1nnc(SCCCCC(=O)N2CCN(C(=O)c3ccc(Br)cc3)C(C)C2)n1-c1ccccc1. The molecule has 1 aromatic heterocycles. The Morgan fingerprint density at radius 1 is 1.03 bits per heavy atom. The summed E-state index contributed by atoms with van der Waals surface area (Å²) in [4.78, 5) is 29.4. The number of para-hydroxylation sites is 1. The molecule has 2 heterocycles. The maximum atomic E-state index is 12.9. The Kier molecular flexibility index (Phi) is 8.62. The van der Waals surface area contributed by atoms with Crippen molar-refractivity contribution in [3.63, 3.8) is 0 Å². The molecule has 1 atom stereocenters. The zero-order valence-electron chi connectivity index (χ0n) is 20.1. The lowest BCUT2D eigenvalue weighted by Crippen LogP contribution is -2.55. The number of aromatic nitrogens is 3. The molecule has 1 aliphatic rings. The van der Waals surface area contributed by atoms with Crippen LogP contribution < -0.4 is 0 Å². The van der Waals surface area contributed by atoms with E-state index in [1.807, 2.05) is 78.2 Å². The van der Waals surface area contributed by atoms with E-state index in [2.05, 4.69) is 30.7 Å². The van der Waals surface area contributed by atoms with E-state index >= 15 is 0 Å². The summed E-state index contributed by atoms with van der Waals surface area (Å²) in [5.41, 5.74) is 1.73. The number of thioether (sulfide) groups is 1. The van der Waals surface area contributed by atoms with Gasteiger partial charge in [0.25, 0.3) is 5.91 Å². The highest BCUT2D eigenvalue weighted by atomic mass is 79.9. The first kappa shape index (κ1) is 25.4. The summed E-state index contributed by atoms with van der Waals surface area (Å²) in [6.07, 6.45) is 2.28. The summed E-state index contributed by atoms with van der Waals surface area (Å²) >= 11 is 5.07. The van der Waals surface area contributed by atoms with Crippen molar-refractivity contribution in [3.05, 3.63) is 70.5 Å². The average Bonchev–Trinajstić information content (AvgIpc) is 3.24. The largest absolute Gasteiger partial charge is 0.339 e. The second-order valence-corrected chi connectivity index (χ2v) is 10.7. The van der Waals surface area contributed by atoms with E-state index in [1.165, 1.54) is 0 Å². The van der Waals surface area contributed by atoms with Crippen molar-refractivity contribution in [1.29, 1.82) is 0 Å². The number of benzene rings is 2. The van der Waals surface area contributed by atoms with Crippen LogP contribution in [0, 0.1) is 6.92 Å². The zero-order valence-corrected chi connectivity index (χ0v) is 22.5. The molecule has 184 valence electrons. The molecule has 0 N–H and O–H groups in total. The summed E-state index contributed by atoms with van der Waals surface area (Å²) < 4.78 is 3.01. The second kappa shape index (κ2) is 11.9. The van der Waals surface area contributed by atoms with Gasteiger partial charge in [-0.25, -0.2) is 0 Å². The first-order valence-corrected chi connectivity index (χ1v) is 13.7. The van der Waals surface area contributed by atoms with Gasteiger partial charge in [0.05, 0.1) is 0 Å². The van der Waals surface area contributed by atoms with E-state index in [0.717, 1.165) is 39.7 Å². The van der Waals surface area contributed by atoms with Gasteiger partial charge in [-0.05, 0) is 63.1 Å². The number of amides is 2. The van der Waals surface area contributed by atoms with Gasteiger partial charge in [0.1, 0.15) is 5.82 Å². The third kappa shape index (κ3) is 6.32. The highest BCUT2D eigenvalue weighted by Gasteiger charge is 2.30. The number of carbonyl (C=O) groups excluding carboxylic acids is 2. The van der Waals surface area contributed by atoms with Gasteiger partial charge in [-0.3, -0.25) is 14.2 Å². The van der Waals surface area contributed by atoms with Gasteiger partial charge in [-0.2, -0.15) is 0 Å². The quantitative estimate of drug-likeness (QED) is 0.289. The van der Waals surface area contributed by atoms with E-state index in [0.29, 0.717) is 31.6 Å². The smallest absolute Gasteiger partial charge is 0.254 e. The van der Waals surface area contributed by atoms with Gasteiger partial charge in [0, 0.05) is 53.6 Å². The van der Waals surface area contributed by atoms with Crippen LogP contribution in [0.4, 0.5) is 0 Å². The van der Waals surface area contributed by atoms with Gasteiger partial charge in [-0.15, -0.1) is 10.2 Å². The Morgan fingerprint density at radius 2 is 1.77 bits per heavy atom. The fraction of sp³-hybridized carbons (Fsp3) is 0.385. The predicted molar refractivity (Wildman–Crippen MR) is 142 cm³/mol. The lowest BCUT2D eigenvalue weighted by Gasteiger charge is -2.40. The highest BCUT2D eigenvalue weighted by molar-refractivity contribution is 9.10. The van der Waals surface area contributed by atoms with E-state index in [1.54, 1.807) is 11.8 Å². The first-order valence-electron chi connectivity index (χ1n) is 11.9. The van der Waals surface area contributed by atoms with Crippen LogP contribution in [0.2, 0.25) is 0 Å². The number of carbonyl (C=O) groups is 2. The summed E-state index contributed by atoms with van der Waals surface area (Å²) in [6, 6.07) is 17.5. The predicted octanol–water partition coefficient (Wildman–Crippen LogP) is 4.97. The molecule has 1 saturated heterocycles. The molecule has 3 aromatic rings. The van der Waals surface area contributed by atoms with Crippen LogP contribution in [-0.4, -0.2) is 67.8 Å². The molecular formula is C26H30BrN5O2S. The van der Waals surface area contributed by atoms with Gasteiger partial charge >= 0.3 is 0 Å². The first-order chi connectivity index (χ1) is 16.9. The molecule has 0 radical (unpaired) electrons. The van der Waals surface area contributed by atoms with E-state index in [4.69, 9.17) is 0 Å². The minimum Gasteiger partial charge on any atom is -0.339 e. The summed E-state index contributed by atoms with van der Waals surface area (Å²) in [5.74, 6) is 1.93. The Morgan fingerprint density at radius 3 is 2.49 bits per heavy atom. The maximum Gasteiger partial charge on any atom is 0.254 e. The molecule has 1 unspecified atom stereocenters. The standard InChI is InChI=1S/C26H30BrN5O2S/c1-19-18-30(15-16-31(19)25(34)21-11-13-22(27)14-12-21)24(33)10-6-7-17-35-26-29-28-20(2)32(26)23-8-4-3-5-9-23/h3-5,8-9,11-14,19H,6-7,10,15-18H2,1-2H3. The molecule has 1 fully saturated rings. The van der Waals surface area contributed by atoms with Gasteiger partial charge in [0.15, 0.2) is 5.16 Å². The van der Waals surface area contributed by atoms with Crippen molar-refractivity contribution < 1.29 is 9.59 Å². The minimum absolute atomic E-state index is 0.00742. The van der Waals surface area contributed by atoms with E-state index in [-0.39, 0.29) is 17.9 Å². The van der Waals surface area contributed by atoms with Crippen molar-refractivity contribution in [2.24, 2.45) is 0 Å². The lowest BCUT2D eigenvalue weighted by atomic mass is 10.1. The highest BCUT2D eigenvalue weighted by Crippen LogP contribution is 2.23. The summed E-state index contributed by atoms with van der Waals surface area (Å²) in [6.45, 7) is 5.69. The Labute approximate surface area is 219 Å². The van der Waals surface area contributed by atoms with Crippen molar-refractivity contribution in [2.75, 3.05) is 25.4 Å². The Bertz CT molecular complexity index is 1150. The van der Waals surface area contributed by atoms with Crippen LogP contribution in [-0.2, 0) is 4.79 Å². The third-order valence-electron chi connectivity index (χ3n) is 6.16. The minimum atomic E-state index is -0.00742. The fourth-order valence-corrected chi connectivity index (χ4v) is 5.52. The van der Waals surface area contributed by atoms with Gasteiger partial charge < -0.3 is 9.80 Å². The molecule has 9 heteroatoms. The molecule has 4 rings (SSSR count). The topological polar surface area (TPSA) is 71.3 Å². The van der Waals surface area contributed by atoms with Crippen LogP contribution in [0.3, 0.4) is 0 Å². The van der Waals surface area contributed by atoms with E-state index in [9.17, 15) is 9.59 Å². The molecule has 0 saturated carbocycles. The second-order valence-electron chi connectivity index (χ2n) is 8.70. The number of hydrogen-bond acceptors (Lipinski definition) is 5. The number of hydrogen-bond donors (Lipinski definition) is 0. The zero-order chi connectivity index (χ0) is 24.8. The van der Waals surface area contributed by atoms with Crippen molar-refractivity contribution >= 4 is 39.5 Å². The Balaban J connectivity index is 1.21. The van der Waals surface area contributed by atoms with Gasteiger partial charge in [0.2, 0.25) is 5.91 Å². The molecule has 35 heavy (non-hydrogen) atoms. The molecule has 0 spiro atoms. The molecule has 2 aromatic carbocycles. The number of piperazine rings is 1. The van der Waals surface area contributed by atoms with Crippen molar-refractivity contribution in [2.45, 2.75) is 44.3 Å². The lowest BCUT2D eigenvalue weighted by molar-refractivity contribution is -0.133. The van der Waals surface area contributed by atoms with Crippen LogP contribution >= 0.6 is 27.7 Å². The summed E-state index contributed by atoms with van der Waals surface area (Å²) in [5, 5.41) is 9.43. The molecule has 2 amide bonds. The summed E-state index contributed by atoms with van der Waals surface area (Å²) in [7, 11) is 0. The van der Waals surface area contributed by atoms with Crippen LogP contribution in [0.15, 0.2) is 64.2 Å². The monoisotopic (exact) mass is 555 g/mol. The Hall–Kier alpha value is -2.65. The molecule has 7 nitrogen and oxygen atoms in total. The van der Waals surface area contributed by atoms with E-state index < -0.39 is 0 Å². The average molecular weight is 557 g/mol. The molecule has 0 aliphatic carbocycles. The van der Waals surface area contributed by atoms with Crippen LogP contribution in [0.5, 0.6) is 0 Å². The van der Waals surface area contributed by atoms with Crippen LogP contribution in [0.25, 0.3) is 5.69 Å². The molecule has 0 bridgehead atoms. The third-order valence-corrected chi connectivity index (χ3v) is 7.70. The number of unbranched alkanes of at least 4 members (excludes halogenated alkanes) is 1. The van der Waals surface area contributed by atoms with Crippen LogP contribution in [0.1, 0.15) is 42.4 Å². The number of rotatable bonds is 8. The van der Waals surface area contributed by atoms with Crippen molar-refractivity contribution in [1.82, 2.24) is 24.6 Å². The van der Waals surface area contributed by atoms with Crippen molar-refractivity contribution in [3.8, 4) is 5.69 Å².